The predicted molar refractivity (Wildman–Crippen MR) is 84.5 cm³/mol. The lowest BCUT2D eigenvalue weighted by Gasteiger charge is -2.33. The maximum atomic E-state index is 5.93. The summed E-state index contributed by atoms with van der Waals surface area (Å²) < 4.78 is 5.93. The summed E-state index contributed by atoms with van der Waals surface area (Å²) in [5.41, 5.74) is 1.50. The lowest BCUT2D eigenvalue weighted by Crippen LogP contribution is -2.50. The number of hydrogen-bond donors (Lipinski definition) is 1. The van der Waals surface area contributed by atoms with E-state index in [2.05, 4.69) is 62.2 Å². The highest BCUT2D eigenvalue weighted by Crippen LogP contribution is 2.25. The number of nitrogens with one attached hydrogen (secondary N) is 1. The van der Waals surface area contributed by atoms with Gasteiger partial charge in [0.2, 0.25) is 0 Å². The van der Waals surface area contributed by atoms with E-state index in [0.717, 1.165) is 38.5 Å². The Balaban J connectivity index is 1.85. The van der Waals surface area contributed by atoms with Crippen LogP contribution in [0, 0.1) is 0 Å². The largest absolute Gasteiger partial charge is 0.492 e. The Kier molecular flexibility index (Phi) is 5.06. The van der Waals surface area contributed by atoms with Crippen molar-refractivity contribution in [2.75, 3.05) is 32.8 Å². The van der Waals surface area contributed by atoms with Crippen LogP contribution in [0.3, 0.4) is 0 Å². The summed E-state index contributed by atoms with van der Waals surface area (Å²) in [4.78, 5) is 2.49. The molecule has 3 nitrogen and oxygen atoms in total. The maximum absolute atomic E-state index is 5.93. The summed E-state index contributed by atoms with van der Waals surface area (Å²) in [5, 5.41) is 3.41. The van der Waals surface area contributed by atoms with Gasteiger partial charge in [-0.05, 0) is 30.0 Å². The van der Waals surface area contributed by atoms with Gasteiger partial charge in [0.25, 0.3) is 0 Å². The smallest absolute Gasteiger partial charge is 0.119 e. The molecule has 0 aliphatic carbocycles. The molecule has 1 N–H and O–H groups in total. The van der Waals surface area contributed by atoms with Gasteiger partial charge >= 0.3 is 0 Å². The lowest BCUT2D eigenvalue weighted by atomic mass is 9.87. The van der Waals surface area contributed by atoms with Gasteiger partial charge < -0.3 is 10.1 Å². The minimum atomic E-state index is 0.173. The van der Waals surface area contributed by atoms with Gasteiger partial charge in [0.05, 0.1) is 0 Å². The first-order valence-electron chi connectivity index (χ1n) is 7.65. The fraction of sp³-hybridized carbons (Fsp3) is 0.647. The van der Waals surface area contributed by atoms with E-state index in [1.807, 2.05) is 0 Å². The Hall–Kier alpha value is -1.06. The van der Waals surface area contributed by atoms with Crippen LogP contribution in [-0.2, 0) is 5.41 Å². The number of hydrogen-bond acceptors (Lipinski definition) is 3. The van der Waals surface area contributed by atoms with Crippen molar-refractivity contribution in [1.82, 2.24) is 10.2 Å². The summed E-state index contributed by atoms with van der Waals surface area (Å²) in [6.45, 7) is 14.0. The first kappa shape index (κ1) is 15.3. The van der Waals surface area contributed by atoms with Gasteiger partial charge in [-0.1, -0.05) is 32.9 Å². The lowest BCUT2D eigenvalue weighted by molar-refractivity contribution is 0.143. The summed E-state index contributed by atoms with van der Waals surface area (Å²) in [7, 11) is 0. The van der Waals surface area contributed by atoms with Crippen molar-refractivity contribution in [3.63, 3.8) is 0 Å². The molecule has 0 aromatic heterocycles. The fourth-order valence-electron chi connectivity index (χ4n) is 2.55. The predicted octanol–water partition coefficient (Wildman–Crippen LogP) is 2.66. The van der Waals surface area contributed by atoms with Crippen LogP contribution in [0.1, 0.15) is 33.3 Å². The molecule has 1 aromatic rings. The molecule has 2 rings (SSSR count). The SMILES string of the molecule is C[C@@H]1CNCCN1CCOc1cccc(C(C)(C)C)c1. The Morgan fingerprint density at radius 1 is 1.35 bits per heavy atom. The highest BCUT2D eigenvalue weighted by Gasteiger charge is 2.17. The van der Waals surface area contributed by atoms with E-state index < -0.39 is 0 Å². The van der Waals surface area contributed by atoms with Crippen LogP contribution in [-0.4, -0.2) is 43.7 Å². The molecule has 0 saturated carbocycles. The molecule has 1 heterocycles. The second kappa shape index (κ2) is 6.59. The normalized spacial score (nSPS) is 20.9. The third-order valence-electron chi connectivity index (χ3n) is 3.99. The molecule has 0 amide bonds. The first-order chi connectivity index (χ1) is 9.47. The Labute approximate surface area is 123 Å². The van der Waals surface area contributed by atoms with E-state index in [-0.39, 0.29) is 5.41 Å². The van der Waals surface area contributed by atoms with Crippen molar-refractivity contribution >= 4 is 0 Å². The number of nitrogens with zero attached hydrogens (tertiary/aromatic N) is 1. The summed E-state index contributed by atoms with van der Waals surface area (Å²) in [6, 6.07) is 9.08. The third kappa shape index (κ3) is 4.22. The Bertz CT molecular complexity index is 425. The monoisotopic (exact) mass is 276 g/mol. The second-order valence-corrected chi connectivity index (χ2v) is 6.72. The average Bonchev–Trinajstić information content (AvgIpc) is 2.40. The zero-order chi connectivity index (χ0) is 14.6. The molecule has 3 heteroatoms. The van der Waals surface area contributed by atoms with E-state index in [4.69, 9.17) is 4.74 Å². The standard InChI is InChI=1S/C17H28N2O/c1-14-13-18-8-9-19(14)10-11-20-16-7-5-6-15(12-16)17(2,3)4/h5-7,12,14,18H,8-11,13H2,1-4H3/t14-/m1/s1. The molecule has 0 radical (unpaired) electrons. The van der Waals surface area contributed by atoms with Gasteiger partial charge in [0.1, 0.15) is 12.4 Å². The van der Waals surface area contributed by atoms with E-state index in [0.29, 0.717) is 6.04 Å². The molecular weight excluding hydrogens is 248 g/mol. The van der Waals surface area contributed by atoms with Gasteiger partial charge in [0.15, 0.2) is 0 Å². The summed E-state index contributed by atoms with van der Waals surface area (Å²) >= 11 is 0. The van der Waals surface area contributed by atoms with Crippen LogP contribution in [0.4, 0.5) is 0 Å². The maximum Gasteiger partial charge on any atom is 0.119 e. The zero-order valence-electron chi connectivity index (χ0n) is 13.3. The molecule has 0 bridgehead atoms. The van der Waals surface area contributed by atoms with Crippen molar-refractivity contribution in [3.8, 4) is 5.75 Å². The minimum Gasteiger partial charge on any atom is -0.492 e. The molecule has 1 fully saturated rings. The molecule has 112 valence electrons. The van der Waals surface area contributed by atoms with Crippen LogP contribution >= 0.6 is 0 Å². The summed E-state index contributed by atoms with van der Waals surface area (Å²) in [5.74, 6) is 0.986. The minimum absolute atomic E-state index is 0.173. The van der Waals surface area contributed by atoms with E-state index >= 15 is 0 Å². The van der Waals surface area contributed by atoms with Crippen LogP contribution in [0.25, 0.3) is 0 Å². The van der Waals surface area contributed by atoms with Crippen LogP contribution in [0.5, 0.6) is 5.75 Å². The average molecular weight is 276 g/mol. The van der Waals surface area contributed by atoms with Gasteiger partial charge in [-0.3, -0.25) is 4.90 Å². The van der Waals surface area contributed by atoms with E-state index in [1.165, 1.54) is 5.56 Å². The summed E-state index contributed by atoms with van der Waals surface area (Å²) in [6.07, 6.45) is 0. The zero-order valence-corrected chi connectivity index (χ0v) is 13.3. The first-order valence-corrected chi connectivity index (χ1v) is 7.65. The van der Waals surface area contributed by atoms with Crippen molar-refractivity contribution in [2.24, 2.45) is 0 Å². The molecule has 0 unspecified atom stereocenters. The molecule has 20 heavy (non-hydrogen) atoms. The van der Waals surface area contributed by atoms with E-state index in [1.54, 1.807) is 0 Å². The van der Waals surface area contributed by atoms with Crippen molar-refractivity contribution in [2.45, 2.75) is 39.2 Å². The fourth-order valence-corrected chi connectivity index (χ4v) is 2.55. The molecule has 1 aliphatic rings. The van der Waals surface area contributed by atoms with Crippen LogP contribution < -0.4 is 10.1 Å². The number of rotatable bonds is 4. The van der Waals surface area contributed by atoms with Gasteiger partial charge in [-0.15, -0.1) is 0 Å². The Morgan fingerprint density at radius 2 is 2.15 bits per heavy atom. The Morgan fingerprint density at radius 3 is 2.85 bits per heavy atom. The number of piperazine rings is 1. The second-order valence-electron chi connectivity index (χ2n) is 6.72. The van der Waals surface area contributed by atoms with Gasteiger partial charge in [-0.25, -0.2) is 0 Å². The third-order valence-corrected chi connectivity index (χ3v) is 3.99. The topological polar surface area (TPSA) is 24.5 Å². The van der Waals surface area contributed by atoms with Crippen molar-refractivity contribution in [3.05, 3.63) is 29.8 Å². The molecule has 0 spiro atoms. The van der Waals surface area contributed by atoms with E-state index in [9.17, 15) is 0 Å². The molecular formula is C17H28N2O. The van der Waals surface area contributed by atoms with Gasteiger partial charge in [0, 0.05) is 32.2 Å². The highest BCUT2D eigenvalue weighted by molar-refractivity contribution is 5.32. The number of ether oxygens (including phenoxy) is 1. The van der Waals surface area contributed by atoms with Crippen molar-refractivity contribution < 1.29 is 4.74 Å². The van der Waals surface area contributed by atoms with Crippen molar-refractivity contribution in [1.29, 1.82) is 0 Å². The number of benzene rings is 1. The molecule has 1 aromatic carbocycles. The van der Waals surface area contributed by atoms with Crippen LogP contribution in [0.15, 0.2) is 24.3 Å². The van der Waals surface area contributed by atoms with Crippen LogP contribution in [0.2, 0.25) is 0 Å². The quantitative estimate of drug-likeness (QED) is 0.915. The molecule has 1 atom stereocenters. The van der Waals surface area contributed by atoms with Gasteiger partial charge in [-0.2, -0.15) is 0 Å². The highest BCUT2D eigenvalue weighted by atomic mass is 16.5. The molecule has 1 saturated heterocycles. The molecule has 1 aliphatic heterocycles.